The lowest BCUT2D eigenvalue weighted by Crippen LogP contribution is -2.35. The number of aromatic nitrogens is 2. The topological polar surface area (TPSA) is 16.8 Å². The largest absolute Gasteiger partial charge is 0.250 e. The molecule has 0 aliphatic rings. The molecule has 0 radical (unpaired) electrons. The van der Waals surface area contributed by atoms with Crippen LogP contribution < -0.4 is 4.57 Å². The maximum atomic E-state index is 4.51. The molecule has 154 valence electrons. The van der Waals surface area contributed by atoms with Crippen molar-refractivity contribution in [3.63, 3.8) is 0 Å². The number of hydrogen-bond donors (Lipinski definition) is 0. The van der Waals surface area contributed by atoms with Crippen molar-refractivity contribution in [1.82, 2.24) is 4.98 Å². The molecule has 0 amide bonds. The molecule has 0 bridgehead atoms. The average Bonchev–Trinajstić information content (AvgIpc) is 2.75. The molecule has 2 heteroatoms. The maximum absolute atomic E-state index is 4.51. The van der Waals surface area contributed by atoms with Gasteiger partial charge in [0.2, 0.25) is 5.69 Å². The highest BCUT2D eigenvalue weighted by Crippen LogP contribution is 2.14. The predicted octanol–water partition coefficient (Wildman–Crippen LogP) is 7.52. The van der Waals surface area contributed by atoms with Gasteiger partial charge in [-0.3, -0.25) is 0 Å². The lowest BCUT2D eigenvalue weighted by Gasteiger charge is -2.04. The molecule has 0 unspecified atom stereocenters. The van der Waals surface area contributed by atoms with Crippen LogP contribution in [0, 0.1) is 0 Å². The number of aryl methyl sites for hydroxylation is 1. The van der Waals surface area contributed by atoms with E-state index >= 15 is 0 Å². The van der Waals surface area contributed by atoms with Crippen molar-refractivity contribution < 1.29 is 4.57 Å². The molecule has 0 saturated heterocycles. The molecular weight excluding hydrogens is 340 g/mol. The normalized spacial score (nSPS) is 11.0. The van der Waals surface area contributed by atoms with Crippen LogP contribution >= 0.6 is 0 Å². The van der Waals surface area contributed by atoms with E-state index in [4.69, 9.17) is 0 Å². The Morgan fingerprint density at radius 2 is 1.21 bits per heavy atom. The van der Waals surface area contributed by atoms with Gasteiger partial charge in [0.05, 0.1) is 0 Å². The maximum Gasteiger partial charge on any atom is 0.231 e. The molecule has 0 fully saturated rings. The molecule has 2 aromatic rings. The second kappa shape index (κ2) is 15.2. The van der Waals surface area contributed by atoms with Crippen molar-refractivity contribution in [3.05, 3.63) is 48.8 Å². The first kappa shape index (κ1) is 22.6. The lowest BCUT2D eigenvalue weighted by atomic mass is 10.0. The summed E-state index contributed by atoms with van der Waals surface area (Å²) in [5.41, 5.74) is 2.28. The van der Waals surface area contributed by atoms with Crippen molar-refractivity contribution in [2.24, 2.45) is 0 Å². The van der Waals surface area contributed by atoms with Gasteiger partial charge in [-0.15, -0.1) is 0 Å². The van der Waals surface area contributed by atoms with E-state index < -0.39 is 0 Å². The monoisotopic (exact) mass is 381 g/mol. The standard InChI is InChI=1S/C26H41N2/c1-2-3-4-5-6-7-8-9-10-11-12-13-14-18-23-28-24-19-16-21-26(28)25-20-15-17-22-27-25/h15-17,19-22,24H,2-14,18,23H2,1H3/q+1. The molecule has 0 N–H and O–H groups in total. The number of nitrogens with zero attached hydrogens (tertiary/aromatic N) is 2. The van der Waals surface area contributed by atoms with Crippen molar-refractivity contribution in [2.45, 2.75) is 103 Å². The van der Waals surface area contributed by atoms with Crippen LogP contribution in [0.5, 0.6) is 0 Å². The summed E-state index contributed by atoms with van der Waals surface area (Å²) in [7, 11) is 0. The van der Waals surface area contributed by atoms with E-state index in [-0.39, 0.29) is 0 Å². The molecule has 2 nitrogen and oxygen atoms in total. The first-order chi connectivity index (χ1) is 13.9. The Morgan fingerprint density at radius 3 is 1.79 bits per heavy atom. The number of rotatable bonds is 16. The van der Waals surface area contributed by atoms with Gasteiger partial charge in [-0.1, -0.05) is 90.0 Å². The van der Waals surface area contributed by atoms with Crippen LogP contribution in [0.1, 0.15) is 96.8 Å². The van der Waals surface area contributed by atoms with E-state index in [0.717, 1.165) is 12.2 Å². The summed E-state index contributed by atoms with van der Waals surface area (Å²) in [6.45, 7) is 3.38. The molecule has 0 atom stereocenters. The molecule has 2 aromatic heterocycles. The van der Waals surface area contributed by atoms with Crippen molar-refractivity contribution in [1.29, 1.82) is 0 Å². The third kappa shape index (κ3) is 9.48. The third-order valence-electron chi connectivity index (χ3n) is 5.62. The van der Waals surface area contributed by atoms with Gasteiger partial charge in [0.1, 0.15) is 12.2 Å². The van der Waals surface area contributed by atoms with Crippen LogP contribution in [-0.2, 0) is 6.54 Å². The quantitative estimate of drug-likeness (QED) is 0.217. The highest BCUT2D eigenvalue weighted by Gasteiger charge is 2.12. The summed E-state index contributed by atoms with van der Waals surface area (Å²) in [6.07, 6.45) is 23.8. The van der Waals surface area contributed by atoms with Crippen LogP contribution in [0.25, 0.3) is 11.4 Å². The third-order valence-corrected chi connectivity index (χ3v) is 5.62. The molecule has 2 heterocycles. The first-order valence-electron chi connectivity index (χ1n) is 11.8. The highest BCUT2D eigenvalue weighted by atomic mass is 15.0. The van der Waals surface area contributed by atoms with Gasteiger partial charge in [-0.25, -0.2) is 4.98 Å². The van der Waals surface area contributed by atoms with Crippen molar-refractivity contribution in [2.75, 3.05) is 0 Å². The van der Waals surface area contributed by atoms with Crippen LogP contribution in [0.15, 0.2) is 48.8 Å². The minimum Gasteiger partial charge on any atom is -0.250 e. The second-order valence-electron chi connectivity index (χ2n) is 8.09. The molecule has 0 aliphatic heterocycles. The van der Waals surface area contributed by atoms with E-state index in [1.807, 2.05) is 12.3 Å². The SMILES string of the molecule is CCCCCCCCCCCCCCCC[n+]1ccccc1-c1ccccn1. The van der Waals surface area contributed by atoms with Gasteiger partial charge in [-0.05, 0) is 24.6 Å². The zero-order valence-corrected chi connectivity index (χ0v) is 18.1. The average molecular weight is 382 g/mol. The fourth-order valence-electron chi connectivity index (χ4n) is 3.89. The lowest BCUT2D eigenvalue weighted by molar-refractivity contribution is -0.686. The molecule has 0 spiro atoms. The molecule has 2 rings (SSSR count). The molecule has 0 saturated carbocycles. The highest BCUT2D eigenvalue weighted by molar-refractivity contribution is 5.49. The molecule has 28 heavy (non-hydrogen) atoms. The Bertz CT molecular complexity index is 609. The summed E-state index contributed by atoms with van der Waals surface area (Å²) in [5, 5.41) is 0. The molecule has 0 aromatic carbocycles. The van der Waals surface area contributed by atoms with E-state index in [1.54, 1.807) is 0 Å². The van der Waals surface area contributed by atoms with Gasteiger partial charge < -0.3 is 0 Å². The van der Waals surface area contributed by atoms with Gasteiger partial charge in [0.25, 0.3) is 0 Å². The van der Waals surface area contributed by atoms with Crippen LogP contribution in [0.3, 0.4) is 0 Å². The van der Waals surface area contributed by atoms with Crippen molar-refractivity contribution in [3.8, 4) is 11.4 Å². The molecule has 0 aliphatic carbocycles. The van der Waals surface area contributed by atoms with E-state index in [2.05, 4.69) is 53.0 Å². The van der Waals surface area contributed by atoms with E-state index in [1.165, 1.54) is 95.6 Å². The zero-order valence-electron chi connectivity index (χ0n) is 18.1. The number of hydrogen-bond acceptors (Lipinski definition) is 1. The summed E-state index contributed by atoms with van der Waals surface area (Å²) in [4.78, 5) is 4.51. The van der Waals surface area contributed by atoms with Gasteiger partial charge in [0, 0.05) is 24.8 Å². The molecular formula is C26H41N2+. The Kier molecular flexibility index (Phi) is 12.3. The van der Waals surface area contributed by atoms with Gasteiger partial charge >= 0.3 is 0 Å². The second-order valence-corrected chi connectivity index (χ2v) is 8.09. The van der Waals surface area contributed by atoms with Crippen LogP contribution in [0.4, 0.5) is 0 Å². The van der Waals surface area contributed by atoms with Crippen LogP contribution in [0.2, 0.25) is 0 Å². The van der Waals surface area contributed by atoms with Gasteiger partial charge in [-0.2, -0.15) is 4.57 Å². The fourth-order valence-corrected chi connectivity index (χ4v) is 3.89. The van der Waals surface area contributed by atoms with E-state index in [9.17, 15) is 0 Å². The van der Waals surface area contributed by atoms with Crippen LogP contribution in [-0.4, -0.2) is 4.98 Å². The smallest absolute Gasteiger partial charge is 0.231 e. The number of pyridine rings is 2. The Balaban J connectivity index is 1.48. The van der Waals surface area contributed by atoms with Gasteiger partial charge in [0.15, 0.2) is 6.20 Å². The Morgan fingerprint density at radius 1 is 0.643 bits per heavy atom. The minimum absolute atomic E-state index is 1.06. The Hall–Kier alpha value is -1.70. The minimum atomic E-state index is 1.06. The summed E-state index contributed by atoms with van der Waals surface area (Å²) >= 11 is 0. The summed E-state index contributed by atoms with van der Waals surface area (Å²) in [6, 6.07) is 12.5. The summed E-state index contributed by atoms with van der Waals surface area (Å²) < 4.78 is 2.35. The first-order valence-corrected chi connectivity index (χ1v) is 11.8. The van der Waals surface area contributed by atoms with Crippen molar-refractivity contribution >= 4 is 0 Å². The summed E-state index contributed by atoms with van der Waals surface area (Å²) in [5.74, 6) is 0. The van der Waals surface area contributed by atoms with E-state index in [0.29, 0.717) is 0 Å². The zero-order chi connectivity index (χ0) is 19.7. The Labute approximate surface area is 173 Å². The predicted molar refractivity (Wildman–Crippen MR) is 120 cm³/mol. The number of unbranched alkanes of at least 4 members (excludes halogenated alkanes) is 13. The fraction of sp³-hybridized carbons (Fsp3) is 0.615.